The van der Waals surface area contributed by atoms with Gasteiger partial charge in [0.2, 0.25) is 0 Å². The zero-order valence-electron chi connectivity index (χ0n) is 11.7. The van der Waals surface area contributed by atoms with Gasteiger partial charge in [-0.2, -0.15) is 0 Å². The van der Waals surface area contributed by atoms with Gasteiger partial charge in [0.25, 0.3) is 0 Å². The van der Waals surface area contributed by atoms with E-state index < -0.39 is 0 Å². The molecular formula is C15H26N2O. The van der Waals surface area contributed by atoms with Crippen LogP contribution in [0, 0.1) is 0 Å². The van der Waals surface area contributed by atoms with E-state index in [4.69, 9.17) is 10.5 Å². The van der Waals surface area contributed by atoms with Crippen LogP contribution in [0.25, 0.3) is 0 Å². The van der Waals surface area contributed by atoms with E-state index in [0.717, 1.165) is 25.3 Å². The van der Waals surface area contributed by atoms with Crippen LogP contribution in [0.5, 0.6) is 5.75 Å². The topological polar surface area (TPSA) is 38.5 Å². The van der Waals surface area contributed by atoms with E-state index in [1.165, 1.54) is 18.4 Å². The minimum absolute atomic E-state index is 0.680. The average Bonchev–Trinajstić information content (AvgIpc) is 2.37. The molecule has 0 spiro atoms. The van der Waals surface area contributed by atoms with Gasteiger partial charge in [0.1, 0.15) is 5.75 Å². The van der Waals surface area contributed by atoms with E-state index in [1.54, 1.807) is 0 Å². The smallest absolute Gasteiger partial charge is 0.119 e. The van der Waals surface area contributed by atoms with Gasteiger partial charge in [-0.1, -0.05) is 25.5 Å². The van der Waals surface area contributed by atoms with Gasteiger partial charge in [-0.3, -0.25) is 0 Å². The first kappa shape index (κ1) is 15.0. The van der Waals surface area contributed by atoms with Crippen LogP contribution in [0.2, 0.25) is 0 Å². The summed E-state index contributed by atoms with van der Waals surface area (Å²) in [7, 11) is 2.16. The molecule has 3 nitrogen and oxygen atoms in total. The molecule has 1 aromatic carbocycles. The molecule has 18 heavy (non-hydrogen) atoms. The second-order valence-corrected chi connectivity index (χ2v) is 4.73. The predicted octanol–water partition coefficient (Wildman–Crippen LogP) is 2.65. The molecule has 3 heteroatoms. The molecule has 0 saturated carbocycles. The van der Waals surface area contributed by atoms with Crippen molar-refractivity contribution in [2.45, 2.75) is 32.7 Å². The van der Waals surface area contributed by atoms with E-state index in [-0.39, 0.29) is 0 Å². The minimum Gasteiger partial charge on any atom is -0.494 e. The van der Waals surface area contributed by atoms with Crippen LogP contribution in [0.15, 0.2) is 24.3 Å². The summed E-state index contributed by atoms with van der Waals surface area (Å²) in [6, 6.07) is 8.34. The van der Waals surface area contributed by atoms with Crippen molar-refractivity contribution in [2.75, 3.05) is 26.7 Å². The summed E-state index contributed by atoms with van der Waals surface area (Å²) in [5.41, 5.74) is 6.75. The van der Waals surface area contributed by atoms with Crippen molar-refractivity contribution in [3.63, 3.8) is 0 Å². The molecule has 0 aliphatic heterocycles. The molecule has 0 atom stereocenters. The maximum atomic E-state index is 5.65. The lowest BCUT2D eigenvalue weighted by atomic mass is 10.2. The molecule has 102 valence electrons. The highest BCUT2D eigenvalue weighted by atomic mass is 16.5. The van der Waals surface area contributed by atoms with Gasteiger partial charge in [0.05, 0.1) is 6.61 Å². The van der Waals surface area contributed by atoms with Gasteiger partial charge in [-0.15, -0.1) is 0 Å². The largest absolute Gasteiger partial charge is 0.494 e. The van der Waals surface area contributed by atoms with Crippen molar-refractivity contribution in [1.29, 1.82) is 0 Å². The Kier molecular flexibility index (Phi) is 7.46. The minimum atomic E-state index is 0.680. The molecule has 0 heterocycles. The second-order valence-electron chi connectivity index (χ2n) is 4.73. The van der Waals surface area contributed by atoms with Crippen LogP contribution < -0.4 is 10.5 Å². The number of rotatable bonds is 9. The quantitative estimate of drug-likeness (QED) is 0.685. The van der Waals surface area contributed by atoms with E-state index in [2.05, 4.69) is 37.1 Å². The average molecular weight is 250 g/mol. The van der Waals surface area contributed by atoms with Crippen LogP contribution in [-0.4, -0.2) is 31.6 Å². The molecular weight excluding hydrogens is 224 g/mol. The number of nitrogens with zero attached hydrogens (tertiary/aromatic N) is 1. The Morgan fingerprint density at radius 2 is 2.11 bits per heavy atom. The SMILES string of the molecule is CCCCN(C)Cc1cccc(OCCCN)c1. The van der Waals surface area contributed by atoms with E-state index in [0.29, 0.717) is 13.2 Å². The first-order chi connectivity index (χ1) is 8.76. The summed E-state index contributed by atoms with van der Waals surface area (Å²) in [4.78, 5) is 2.35. The standard InChI is InChI=1S/C15H26N2O/c1-3-4-10-17(2)13-14-7-5-8-15(12-14)18-11-6-9-16/h5,7-8,12H,3-4,6,9-11,13,16H2,1-2H3. The Morgan fingerprint density at radius 3 is 2.83 bits per heavy atom. The lowest BCUT2D eigenvalue weighted by molar-refractivity contribution is 0.307. The molecule has 2 N–H and O–H groups in total. The van der Waals surface area contributed by atoms with Crippen LogP contribution in [0.4, 0.5) is 0 Å². The fourth-order valence-corrected chi connectivity index (χ4v) is 1.83. The van der Waals surface area contributed by atoms with Crippen molar-refractivity contribution < 1.29 is 4.74 Å². The third kappa shape index (κ3) is 6.03. The highest BCUT2D eigenvalue weighted by molar-refractivity contribution is 5.28. The monoisotopic (exact) mass is 250 g/mol. The van der Waals surface area contributed by atoms with Crippen molar-refractivity contribution in [3.05, 3.63) is 29.8 Å². The zero-order chi connectivity index (χ0) is 13.2. The highest BCUT2D eigenvalue weighted by Crippen LogP contribution is 2.15. The molecule has 1 aromatic rings. The molecule has 0 aliphatic carbocycles. The lowest BCUT2D eigenvalue weighted by Gasteiger charge is -2.16. The molecule has 0 aromatic heterocycles. The Labute approximate surface area is 111 Å². The number of ether oxygens (including phenoxy) is 1. The Morgan fingerprint density at radius 1 is 1.28 bits per heavy atom. The summed E-state index contributed by atoms with van der Waals surface area (Å²) in [5, 5.41) is 0. The number of benzene rings is 1. The van der Waals surface area contributed by atoms with Crippen molar-refractivity contribution in [3.8, 4) is 5.75 Å². The number of hydrogen-bond acceptors (Lipinski definition) is 3. The molecule has 0 saturated heterocycles. The molecule has 0 bridgehead atoms. The molecule has 0 radical (unpaired) electrons. The Hall–Kier alpha value is -1.06. The van der Waals surface area contributed by atoms with Gasteiger partial charge in [-0.05, 0) is 50.7 Å². The van der Waals surface area contributed by atoms with Crippen molar-refractivity contribution in [1.82, 2.24) is 4.90 Å². The van der Waals surface area contributed by atoms with Crippen molar-refractivity contribution >= 4 is 0 Å². The molecule has 0 amide bonds. The Balaban J connectivity index is 2.43. The Bertz CT molecular complexity index is 328. The lowest BCUT2D eigenvalue weighted by Crippen LogP contribution is -2.18. The molecule has 0 unspecified atom stereocenters. The normalized spacial score (nSPS) is 10.9. The first-order valence-electron chi connectivity index (χ1n) is 6.86. The summed E-state index contributed by atoms with van der Waals surface area (Å²) in [6.07, 6.45) is 3.40. The fraction of sp³-hybridized carbons (Fsp3) is 0.600. The van der Waals surface area contributed by atoms with E-state index in [9.17, 15) is 0 Å². The van der Waals surface area contributed by atoms with Gasteiger partial charge in [0, 0.05) is 6.54 Å². The molecule has 1 rings (SSSR count). The summed E-state index contributed by atoms with van der Waals surface area (Å²) in [6.45, 7) is 5.73. The van der Waals surface area contributed by atoms with Gasteiger partial charge < -0.3 is 15.4 Å². The van der Waals surface area contributed by atoms with Crippen LogP contribution in [0.1, 0.15) is 31.7 Å². The predicted molar refractivity (Wildman–Crippen MR) is 76.9 cm³/mol. The van der Waals surface area contributed by atoms with Gasteiger partial charge in [0.15, 0.2) is 0 Å². The fourth-order valence-electron chi connectivity index (χ4n) is 1.83. The third-order valence-corrected chi connectivity index (χ3v) is 2.86. The highest BCUT2D eigenvalue weighted by Gasteiger charge is 2.01. The number of hydrogen-bond donors (Lipinski definition) is 1. The second kappa shape index (κ2) is 8.95. The maximum absolute atomic E-state index is 5.65. The molecule has 0 fully saturated rings. The van der Waals surface area contributed by atoms with E-state index >= 15 is 0 Å². The van der Waals surface area contributed by atoms with Crippen LogP contribution in [-0.2, 0) is 6.54 Å². The summed E-state index contributed by atoms with van der Waals surface area (Å²) < 4.78 is 5.65. The zero-order valence-corrected chi connectivity index (χ0v) is 11.7. The third-order valence-electron chi connectivity index (χ3n) is 2.86. The molecule has 0 aliphatic rings. The van der Waals surface area contributed by atoms with Gasteiger partial charge in [-0.25, -0.2) is 0 Å². The summed E-state index contributed by atoms with van der Waals surface area (Å²) in [5.74, 6) is 0.949. The van der Waals surface area contributed by atoms with Crippen LogP contribution in [0.3, 0.4) is 0 Å². The van der Waals surface area contributed by atoms with Gasteiger partial charge >= 0.3 is 0 Å². The summed E-state index contributed by atoms with van der Waals surface area (Å²) >= 11 is 0. The number of nitrogens with two attached hydrogens (primary N) is 1. The van der Waals surface area contributed by atoms with Crippen molar-refractivity contribution in [2.24, 2.45) is 5.73 Å². The van der Waals surface area contributed by atoms with E-state index in [1.807, 2.05) is 6.07 Å². The van der Waals surface area contributed by atoms with Crippen LogP contribution >= 0.6 is 0 Å². The maximum Gasteiger partial charge on any atom is 0.119 e. The first-order valence-corrected chi connectivity index (χ1v) is 6.86. The number of unbranched alkanes of at least 4 members (excludes halogenated alkanes) is 1.